The second-order valence-electron chi connectivity index (χ2n) is 3.62. The van der Waals surface area contributed by atoms with Crippen molar-refractivity contribution in [3.8, 4) is 6.07 Å². The number of alkyl halides is 3. The third-order valence-electron chi connectivity index (χ3n) is 2.24. The molecule has 0 aliphatic heterocycles. The predicted octanol–water partition coefficient (Wildman–Crippen LogP) is 3.94. The van der Waals surface area contributed by atoms with E-state index in [2.05, 4.69) is 20.7 Å². The zero-order chi connectivity index (χ0) is 15.3. The van der Waals surface area contributed by atoms with Crippen LogP contribution in [-0.2, 0) is 15.7 Å². The van der Waals surface area contributed by atoms with Crippen molar-refractivity contribution in [2.75, 3.05) is 6.61 Å². The summed E-state index contributed by atoms with van der Waals surface area (Å²) in [6.45, 7) is 1.69. The first-order chi connectivity index (χ1) is 9.29. The average molecular weight is 348 g/mol. The summed E-state index contributed by atoms with van der Waals surface area (Å²) in [5, 5.41) is 8.84. The van der Waals surface area contributed by atoms with Crippen LogP contribution in [0.5, 0.6) is 0 Å². The summed E-state index contributed by atoms with van der Waals surface area (Å²) in [5.74, 6) is -0.818. The summed E-state index contributed by atoms with van der Waals surface area (Å²) < 4.78 is 42.3. The monoisotopic (exact) mass is 347 g/mol. The van der Waals surface area contributed by atoms with Crippen molar-refractivity contribution in [2.24, 2.45) is 0 Å². The van der Waals surface area contributed by atoms with Gasteiger partial charge in [-0.15, -0.1) is 0 Å². The highest BCUT2D eigenvalue weighted by atomic mass is 79.9. The van der Waals surface area contributed by atoms with E-state index in [9.17, 15) is 18.0 Å². The zero-order valence-electron chi connectivity index (χ0n) is 10.3. The molecule has 0 heterocycles. The Morgan fingerprint density at radius 3 is 2.60 bits per heavy atom. The van der Waals surface area contributed by atoms with E-state index in [0.29, 0.717) is 0 Å². The summed E-state index contributed by atoms with van der Waals surface area (Å²) in [4.78, 5) is 11.4. The van der Waals surface area contributed by atoms with Crippen LogP contribution in [0.1, 0.15) is 18.1 Å². The minimum Gasteiger partial charge on any atom is -0.462 e. The van der Waals surface area contributed by atoms with E-state index in [1.54, 1.807) is 13.0 Å². The highest BCUT2D eigenvalue weighted by molar-refractivity contribution is 9.10. The highest BCUT2D eigenvalue weighted by Gasteiger charge is 2.30. The van der Waals surface area contributed by atoms with Gasteiger partial charge in [0.05, 0.1) is 12.2 Å². The third-order valence-corrected chi connectivity index (χ3v) is 2.93. The van der Waals surface area contributed by atoms with Crippen molar-refractivity contribution < 1.29 is 22.7 Å². The van der Waals surface area contributed by atoms with E-state index in [1.165, 1.54) is 12.1 Å². The molecule has 0 fully saturated rings. The van der Waals surface area contributed by atoms with Crippen molar-refractivity contribution in [3.63, 3.8) is 0 Å². The van der Waals surface area contributed by atoms with E-state index < -0.39 is 17.7 Å². The number of hydrogen-bond acceptors (Lipinski definition) is 3. The Balaban J connectivity index is 3.15. The van der Waals surface area contributed by atoms with E-state index in [1.807, 2.05) is 0 Å². The number of carbonyl (C=O) groups is 1. The molecule has 0 spiro atoms. The van der Waals surface area contributed by atoms with Gasteiger partial charge >= 0.3 is 12.1 Å². The minimum atomic E-state index is -4.45. The first kappa shape index (κ1) is 16.2. The summed E-state index contributed by atoms with van der Waals surface area (Å²) in [5.41, 5.74) is -0.828. The first-order valence-electron chi connectivity index (χ1n) is 5.45. The fourth-order valence-electron chi connectivity index (χ4n) is 1.32. The van der Waals surface area contributed by atoms with Gasteiger partial charge in [-0.3, -0.25) is 0 Å². The number of rotatable bonds is 3. The molecule has 1 aromatic rings. The molecular weight excluding hydrogens is 339 g/mol. The van der Waals surface area contributed by atoms with E-state index in [-0.39, 0.29) is 22.2 Å². The second-order valence-corrected chi connectivity index (χ2v) is 4.48. The topological polar surface area (TPSA) is 50.1 Å². The third kappa shape index (κ3) is 4.10. The fourth-order valence-corrected chi connectivity index (χ4v) is 1.81. The zero-order valence-corrected chi connectivity index (χ0v) is 11.9. The molecule has 0 atom stereocenters. The Kier molecular flexibility index (Phi) is 5.34. The first-order valence-corrected chi connectivity index (χ1v) is 6.24. The molecule has 0 aliphatic carbocycles. The minimum absolute atomic E-state index is 0.103. The van der Waals surface area contributed by atoms with Crippen LogP contribution in [0.25, 0.3) is 6.08 Å². The molecule has 0 saturated carbocycles. The van der Waals surface area contributed by atoms with Gasteiger partial charge in [0.1, 0.15) is 11.6 Å². The number of benzene rings is 1. The van der Waals surface area contributed by atoms with Crippen molar-refractivity contribution in [1.82, 2.24) is 0 Å². The lowest BCUT2D eigenvalue weighted by atomic mass is 10.1. The van der Waals surface area contributed by atoms with Crippen LogP contribution in [-0.4, -0.2) is 12.6 Å². The quantitative estimate of drug-likeness (QED) is 0.472. The van der Waals surface area contributed by atoms with Crippen molar-refractivity contribution in [2.45, 2.75) is 13.1 Å². The number of carbonyl (C=O) groups excluding carboxylic acids is 1. The number of ether oxygens (including phenoxy) is 1. The van der Waals surface area contributed by atoms with Gasteiger partial charge < -0.3 is 4.74 Å². The Hall–Kier alpha value is -1.81. The SMILES string of the molecule is CCOC(=O)C(C#N)=Cc1ccc(C(F)(F)F)cc1Br. The van der Waals surface area contributed by atoms with E-state index >= 15 is 0 Å². The summed E-state index contributed by atoms with van der Waals surface area (Å²) in [7, 11) is 0. The summed E-state index contributed by atoms with van der Waals surface area (Å²) >= 11 is 2.98. The molecule has 0 saturated heterocycles. The number of esters is 1. The lowest BCUT2D eigenvalue weighted by molar-refractivity contribution is -0.138. The molecule has 0 bridgehead atoms. The lowest BCUT2D eigenvalue weighted by Gasteiger charge is -2.08. The molecule has 0 radical (unpaired) electrons. The van der Waals surface area contributed by atoms with Crippen molar-refractivity contribution >= 4 is 28.0 Å². The predicted molar refractivity (Wildman–Crippen MR) is 69.4 cm³/mol. The van der Waals surface area contributed by atoms with Crippen LogP contribution in [0.15, 0.2) is 28.2 Å². The average Bonchev–Trinajstić information content (AvgIpc) is 2.36. The number of hydrogen-bond donors (Lipinski definition) is 0. The molecule has 0 N–H and O–H groups in total. The molecular formula is C13H9BrF3NO2. The molecule has 1 aromatic carbocycles. The molecule has 1 rings (SSSR count). The highest BCUT2D eigenvalue weighted by Crippen LogP contribution is 2.32. The Morgan fingerprint density at radius 1 is 1.50 bits per heavy atom. The van der Waals surface area contributed by atoms with Gasteiger partial charge in [0.2, 0.25) is 0 Å². The summed E-state index contributed by atoms with van der Waals surface area (Å²) in [6.07, 6.45) is -3.29. The van der Waals surface area contributed by atoms with E-state index in [0.717, 1.165) is 12.1 Å². The molecule has 0 amide bonds. The Labute approximate surface area is 121 Å². The van der Waals surface area contributed by atoms with Gasteiger partial charge in [0.25, 0.3) is 0 Å². The maximum Gasteiger partial charge on any atom is 0.416 e. The Morgan fingerprint density at radius 2 is 2.15 bits per heavy atom. The van der Waals surface area contributed by atoms with Gasteiger partial charge in [-0.1, -0.05) is 22.0 Å². The van der Waals surface area contributed by atoms with Gasteiger partial charge in [-0.2, -0.15) is 18.4 Å². The van der Waals surface area contributed by atoms with Crippen molar-refractivity contribution in [1.29, 1.82) is 5.26 Å². The summed E-state index contributed by atoms with van der Waals surface area (Å²) in [6, 6.07) is 4.57. The van der Waals surface area contributed by atoms with Crippen LogP contribution >= 0.6 is 15.9 Å². The Bertz CT molecular complexity index is 588. The van der Waals surface area contributed by atoms with Gasteiger partial charge in [0.15, 0.2) is 0 Å². The maximum absolute atomic E-state index is 12.5. The van der Waals surface area contributed by atoms with Crippen LogP contribution < -0.4 is 0 Å². The van der Waals surface area contributed by atoms with E-state index in [4.69, 9.17) is 5.26 Å². The molecule has 3 nitrogen and oxygen atoms in total. The van der Waals surface area contributed by atoms with Gasteiger partial charge in [-0.05, 0) is 30.7 Å². The smallest absolute Gasteiger partial charge is 0.416 e. The molecule has 0 aromatic heterocycles. The largest absolute Gasteiger partial charge is 0.462 e. The number of nitriles is 1. The van der Waals surface area contributed by atoms with Gasteiger partial charge in [0, 0.05) is 4.47 Å². The van der Waals surface area contributed by atoms with Crippen LogP contribution in [0.4, 0.5) is 13.2 Å². The lowest BCUT2D eigenvalue weighted by Crippen LogP contribution is -2.07. The number of nitrogens with zero attached hydrogens (tertiary/aromatic N) is 1. The van der Waals surface area contributed by atoms with Gasteiger partial charge in [-0.25, -0.2) is 4.79 Å². The van der Waals surface area contributed by atoms with Crippen molar-refractivity contribution in [3.05, 3.63) is 39.4 Å². The second kappa shape index (κ2) is 6.57. The molecule has 0 unspecified atom stereocenters. The number of halogens is 4. The van der Waals surface area contributed by atoms with Crippen LogP contribution in [0.3, 0.4) is 0 Å². The standard InChI is InChI=1S/C13H9BrF3NO2/c1-2-20-12(19)9(7-18)5-8-3-4-10(6-11(8)14)13(15,16)17/h3-6H,2H2,1H3. The molecule has 0 aliphatic rings. The normalized spacial score (nSPS) is 11.9. The molecule has 20 heavy (non-hydrogen) atoms. The maximum atomic E-state index is 12.5. The fraction of sp³-hybridized carbons (Fsp3) is 0.231. The molecule has 7 heteroatoms. The molecule has 106 valence electrons. The van der Waals surface area contributed by atoms with Crippen LogP contribution in [0, 0.1) is 11.3 Å². The van der Waals surface area contributed by atoms with Crippen LogP contribution in [0.2, 0.25) is 0 Å².